The van der Waals surface area contributed by atoms with Gasteiger partial charge in [0, 0.05) is 20.6 Å². The van der Waals surface area contributed by atoms with E-state index in [1.807, 2.05) is 0 Å². The molecule has 7 heteroatoms. The van der Waals surface area contributed by atoms with Crippen LogP contribution in [0.4, 0.5) is 0 Å². The summed E-state index contributed by atoms with van der Waals surface area (Å²) < 4.78 is 26.1. The van der Waals surface area contributed by atoms with Gasteiger partial charge >= 0.3 is 0 Å². The van der Waals surface area contributed by atoms with E-state index < -0.39 is 16.1 Å². The maximum absolute atomic E-state index is 12.5. The van der Waals surface area contributed by atoms with Gasteiger partial charge in [0.1, 0.15) is 0 Å². The first-order valence-corrected chi connectivity index (χ1v) is 8.12. The highest BCUT2D eigenvalue weighted by molar-refractivity contribution is 7.89. The molecule has 6 nitrogen and oxygen atoms in total. The number of carbonyl (C=O) groups excluding carboxylic acids is 1. The molecule has 1 unspecified atom stereocenters. The fourth-order valence-corrected chi connectivity index (χ4v) is 3.12. The lowest BCUT2D eigenvalue weighted by Crippen LogP contribution is -2.40. The summed E-state index contributed by atoms with van der Waals surface area (Å²) in [5.41, 5.74) is 0.640. The van der Waals surface area contributed by atoms with Crippen LogP contribution in [0.5, 0.6) is 0 Å². The summed E-state index contributed by atoms with van der Waals surface area (Å²) in [5.74, 6) is -0.277. The normalized spacial score (nSPS) is 13.2. The Balaban J connectivity index is 3.04. The van der Waals surface area contributed by atoms with Crippen LogP contribution in [-0.4, -0.2) is 55.8 Å². The zero-order valence-electron chi connectivity index (χ0n) is 12.8. The SMILES string of the molecule is CCN(CC(=O)N(C)C)S(=O)(=O)c1ccc(C(C)O)cc1. The Labute approximate surface area is 126 Å². The summed E-state index contributed by atoms with van der Waals surface area (Å²) in [6.45, 7) is 3.31. The van der Waals surface area contributed by atoms with E-state index >= 15 is 0 Å². The smallest absolute Gasteiger partial charge is 0.243 e. The van der Waals surface area contributed by atoms with Crippen molar-refractivity contribution in [2.24, 2.45) is 0 Å². The van der Waals surface area contributed by atoms with Gasteiger partial charge in [-0.3, -0.25) is 4.79 Å². The van der Waals surface area contributed by atoms with Gasteiger partial charge in [0.2, 0.25) is 15.9 Å². The molecule has 0 bridgehead atoms. The second-order valence-electron chi connectivity index (χ2n) is 4.96. The molecule has 118 valence electrons. The van der Waals surface area contributed by atoms with Crippen molar-refractivity contribution in [2.45, 2.75) is 24.8 Å². The third kappa shape index (κ3) is 4.26. The molecule has 0 aliphatic rings. The van der Waals surface area contributed by atoms with Gasteiger partial charge in [0.05, 0.1) is 17.5 Å². The van der Waals surface area contributed by atoms with Crippen LogP contribution in [0.15, 0.2) is 29.2 Å². The van der Waals surface area contributed by atoms with Crippen molar-refractivity contribution in [3.05, 3.63) is 29.8 Å². The molecule has 1 aromatic carbocycles. The van der Waals surface area contributed by atoms with Gasteiger partial charge in [-0.05, 0) is 24.6 Å². The second-order valence-corrected chi connectivity index (χ2v) is 6.90. The standard InChI is InChI=1S/C14H22N2O4S/c1-5-16(10-14(18)15(3)4)21(19,20)13-8-6-12(7-9-13)11(2)17/h6-9,11,17H,5,10H2,1-4H3. The highest BCUT2D eigenvalue weighted by Crippen LogP contribution is 2.19. The maximum atomic E-state index is 12.5. The minimum absolute atomic E-state index is 0.111. The van der Waals surface area contributed by atoms with Crippen LogP contribution in [-0.2, 0) is 14.8 Å². The topological polar surface area (TPSA) is 77.9 Å². The molecule has 1 atom stereocenters. The van der Waals surface area contributed by atoms with Crippen LogP contribution in [0, 0.1) is 0 Å². The molecule has 0 aliphatic carbocycles. The van der Waals surface area contributed by atoms with Gasteiger partial charge in [-0.2, -0.15) is 4.31 Å². The van der Waals surface area contributed by atoms with E-state index in [2.05, 4.69) is 0 Å². The highest BCUT2D eigenvalue weighted by atomic mass is 32.2. The average Bonchev–Trinajstić information content (AvgIpc) is 2.44. The van der Waals surface area contributed by atoms with Crippen molar-refractivity contribution in [1.29, 1.82) is 0 Å². The molecule has 0 saturated carbocycles. The van der Waals surface area contributed by atoms with E-state index in [0.29, 0.717) is 5.56 Å². The molecule has 1 amide bonds. The monoisotopic (exact) mass is 314 g/mol. The Morgan fingerprint density at radius 1 is 1.24 bits per heavy atom. The number of carbonyl (C=O) groups is 1. The first kappa shape index (κ1) is 17.6. The molecule has 0 spiro atoms. The van der Waals surface area contributed by atoms with E-state index in [-0.39, 0.29) is 23.9 Å². The number of sulfonamides is 1. The van der Waals surface area contributed by atoms with Crippen molar-refractivity contribution in [1.82, 2.24) is 9.21 Å². The number of nitrogens with zero attached hydrogens (tertiary/aromatic N) is 2. The van der Waals surface area contributed by atoms with Gasteiger partial charge in [-0.25, -0.2) is 8.42 Å². The average molecular weight is 314 g/mol. The summed E-state index contributed by atoms with van der Waals surface area (Å²) in [4.78, 5) is 13.2. The van der Waals surface area contributed by atoms with Crippen molar-refractivity contribution in [2.75, 3.05) is 27.2 Å². The fraction of sp³-hybridized carbons (Fsp3) is 0.500. The van der Waals surface area contributed by atoms with Gasteiger partial charge in [-0.15, -0.1) is 0 Å². The summed E-state index contributed by atoms with van der Waals surface area (Å²) in [6.07, 6.45) is -0.653. The van der Waals surface area contributed by atoms with Crippen molar-refractivity contribution in [3.63, 3.8) is 0 Å². The number of aliphatic hydroxyl groups is 1. The molecule has 21 heavy (non-hydrogen) atoms. The number of likely N-dealkylation sites (N-methyl/N-ethyl adjacent to an activating group) is 2. The summed E-state index contributed by atoms with van der Waals surface area (Å²) in [7, 11) is -0.551. The minimum Gasteiger partial charge on any atom is -0.389 e. The van der Waals surface area contributed by atoms with E-state index in [0.717, 1.165) is 4.31 Å². The molecule has 0 fully saturated rings. The second kappa shape index (κ2) is 7.02. The molecule has 0 aromatic heterocycles. The zero-order valence-corrected chi connectivity index (χ0v) is 13.6. The van der Waals surface area contributed by atoms with E-state index in [4.69, 9.17) is 0 Å². The van der Waals surface area contributed by atoms with Gasteiger partial charge < -0.3 is 10.0 Å². The van der Waals surface area contributed by atoms with Crippen LogP contribution in [0.25, 0.3) is 0 Å². The Morgan fingerprint density at radius 2 is 1.76 bits per heavy atom. The third-order valence-corrected chi connectivity index (χ3v) is 5.10. The van der Waals surface area contributed by atoms with Gasteiger partial charge in [0.15, 0.2) is 0 Å². The molecule has 0 radical (unpaired) electrons. The molecule has 1 rings (SSSR count). The predicted octanol–water partition coefficient (Wildman–Crippen LogP) is 0.839. The van der Waals surface area contributed by atoms with Crippen LogP contribution < -0.4 is 0 Å². The van der Waals surface area contributed by atoms with Gasteiger partial charge in [0.25, 0.3) is 0 Å². The Kier molecular flexibility index (Phi) is 5.88. The van der Waals surface area contributed by atoms with Crippen LogP contribution in [0.2, 0.25) is 0 Å². The van der Waals surface area contributed by atoms with E-state index in [1.54, 1.807) is 40.1 Å². The first-order valence-electron chi connectivity index (χ1n) is 6.68. The fourth-order valence-electron chi connectivity index (χ4n) is 1.73. The molecule has 1 N–H and O–H groups in total. The van der Waals surface area contributed by atoms with Crippen molar-refractivity contribution < 1.29 is 18.3 Å². The molecular weight excluding hydrogens is 292 g/mol. The predicted molar refractivity (Wildman–Crippen MR) is 80.2 cm³/mol. The Bertz CT molecular complexity index is 579. The first-order chi connectivity index (χ1) is 9.70. The lowest BCUT2D eigenvalue weighted by atomic mass is 10.1. The third-order valence-electron chi connectivity index (χ3n) is 3.16. The van der Waals surface area contributed by atoms with Crippen molar-refractivity contribution >= 4 is 15.9 Å². The minimum atomic E-state index is -3.72. The molecule has 0 heterocycles. The molecular formula is C14H22N2O4S. The number of amides is 1. The quantitative estimate of drug-likeness (QED) is 0.844. The summed E-state index contributed by atoms with van der Waals surface area (Å²) in [6, 6.07) is 6.03. The van der Waals surface area contributed by atoms with E-state index in [9.17, 15) is 18.3 Å². The number of hydrogen-bond acceptors (Lipinski definition) is 4. The lowest BCUT2D eigenvalue weighted by molar-refractivity contribution is -0.128. The number of hydrogen-bond donors (Lipinski definition) is 1. The van der Waals surface area contributed by atoms with Gasteiger partial charge in [-0.1, -0.05) is 19.1 Å². The zero-order chi connectivity index (χ0) is 16.2. The summed E-state index contributed by atoms with van der Waals surface area (Å²) in [5, 5.41) is 9.44. The number of aliphatic hydroxyl groups excluding tert-OH is 1. The molecule has 1 aromatic rings. The molecule has 0 saturated heterocycles. The molecule has 0 aliphatic heterocycles. The number of rotatable bonds is 6. The van der Waals surface area contributed by atoms with Crippen LogP contribution in [0.1, 0.15) is 25.5 Å². The summed E-state index contributed by atoms with van der Waals surface area (Å²) >= 11 is 0. The Hall–Kier alpha value is -1.44. The van der Waals surface area contributed by atoms with Crippen LogP contribution >= 0.6 is 0 Å². The number of benzene rings is 1. The lowest BCUT2D eigenvalue weighted by Gasteiger charge is -2.22. The Morgan fingerprint density at radius 3 is 2.14 bits per heavy atom. The van der Waals surface area contributed by atoms with Crippen molar-refractivity contribution in [3.8, 4) is 0 Å². The van der Waals surface area contributed by atoms with E-state index in [1.165, 1.54) is 17.0 Å². The maximum Gasteiger partial charge on any atom is 0.243 e. The highest BCUT2D eigenvalue weighted by Gasteiger charge is 2.25. The van der Waals surface area contributed by atoms with Crippen LogP contribution in [0.3, 0.4) is 0 Å². The largest absolute Gasteiger partial charge is 0.389 e.